The summed E-state index contributed by atoms with van der Waals surface area (Å²) in [6, 6.07) is 8.42. The van der Waals surface area contributed by atoms with Crippen molar-refractivity contribution in [2.75, 3.05) is 31.7 Å². The van der Waals surface area contributed by atoms with Gasteiger partial charge in [-0.2, -0.15) is 0 Å². The van der Waals surface area contributed by atoms with Crippen LogP contribution in [0.15, 0.2) is 24.3 Å². The molecule has 5 heteroatoms. The summed E-state index contributed by atoms with van der Waals surface area (Å²) in [7, 11) is 1.01. The minimum Gasteiger partial charge on any atom is -0.497 e. The molecule has 1 heterocycles. The first-order valence-electron chi connectivity index (χ1n) is 7.14. The number of benzene rings is 1. The molecule has 4 nitrogen and oxygen atoms in total. The van der Waals surface area contributed by atoms with Crippen LogP contribution in [0.5, 0.6) is 5.75 Å². The molecule has 1 aliphatic rings. The predicted molar refractivity (Wildman–Crippen MR) is 83.5 cm³/mol. The Hall–Kier alpha value is -0.910. The normalized spacial score (nSPS) is 20.6. The van der Waals surface area contributed by atoms with Crippen LogP contribution in [0.4, 0.5) is 0 Å². The van der Waals surface area contributed by atoms with Gasteiger partial charge in [0.25, 0.3) is 0 Å². The fraction of sp³-hybridized carbons (Fsp3) is 0.600. The quantitative estimate of drug-likeness (QED) is 0.895. The highest BCUT2D eigenvalue weighted by Crippen LogP contribution is 2.27. The molecule has 0 saturated carbocycles. The summed E-state index contributed by atoms with van der Waals surface area (Å²) in [5, 5.41) is 0. The molecule has 0 amide bonds. The van der Waals surface area contributed by atoms with Crippen molar-refractivity contribution in [2.45, 2.75) is 25.4 Å². The molecule has 2 atom stereocenters. The lowest BCUT2D eigenvalue weighted by Crippen LogP contribution is -2.46. The van der Waals surface area contributed by atoms with Crippen LogP contribution in [0.3, 0.4) is 0 Å². The Morgan fingerprint density at radius 2 is 1.90 bits per heavy atom. The summed E-state index contributed by atoms with van der Waals surface area (Å²) >= 11 is 0. The fourth-order valence-corrected chi connectivity index (χ4v) is 3.76. The Morgan fingerprint density at radius 1 is 1.30 bits per heavy atom. The van der Waals surface area contributed by atoms with Gasteiger partial charge < -0.3 is 10.5 Å². The van der Waals surface area contributed by atoms with E-state index >= 15 is 0 Å². The van der Waals surface area contributed by atoms with Crippen LogP contribution in [0, 0.1) is 0 Å². The Kier molecular flexibility index (Phi) is 5.57. The van der Waals surface area contributed by atoms with E-state index < -0.39 is 10.8 Å². The van der Waals surface area contributed by atoms with Crippen LogP contribution in [-0.4, -0.2) is 46.9 Å². The third kappa shape index (κ3) is 3.59. The first kappa shape index (κ1) is 15.5. The van der Waals surface area contributed by atoms with E-state index in [2.05, 4.69) is 24.0 Å². The van der Waals surface area contributed by atoms with Gasteiger partial charge in [0.1, 0.15) is 5.75 Å². The molecule has 0 bridgehead atoms. The van der Waals surface area contributed by atoms with Gasteiger partial charge in [-0.05, 0) is 24.1 Å². The highest BCUT2D eigenvalue weighted by Gasteiger charge is 2.28. The van der Waals surface area contributed by atoms with Crippen LogP contribution in [0.25, 0.3) is 0 Å². The third-order valence-corrected chi connectivity index (χ3v) is 5.22. The molecule has 0 spiro atoms. The van der Waals surface area contributed by atoms with Gasteiger partial charge in [-0.1, -0.05) is 19.1 Å². The summed E-state index contributed by atoms with van der Waals surface area (Å²) in [6.07, 6.45) is 0.927. The van der Waals surface area contributed by atoms with Crippen molar-refractivity contribution in [3.63, 3.8) is 0 Å². The number of hydrogen-bond donors (Lipinski definition) is 1. The summed E-state index contributed by atoms with van der Waals surface area (Å²) in [5.74, 6) is 2.36. The highest BCUT2D eigenvalue weighted by molar-refractivity contribution is 7.85. The van der Waals surface area contributed by atoms with Crippen molar-refractivity contribution in [2.24, 2.45) is 5.73 Å². The average Bonchev–Trinajstić information content (AvgIpc) is 2.50. The molecule has 2 N–H and O–H groups in total. The average molecular weight is 296 g/mol. The van der Waals surface area contributed by atoms with Gasteiger partial charge in [0, 0.05) is 47.5 Å². The van der Waals surface area contributed by atoms with Gasteiger partial charge in [-0.3, -0.25) is 9.11 Å². The molecule has 0 aliphatic carbocycles. The van der Waals surface area contributed by atoms with E-state index in [4.69, 9.17) is 10.5 Å². The van der Waals surface area contributed by atoms with Gasteiger partial charge in [-0.25, -0.2) is 0 Å². The third-order valence-electron chi connectivity index (χ3n) is 3.94. The Balaban J connectivity index is 2.19. The second kappa shape index (κ2) is 7.20. The largest absolute Gasteiger partial charge is 0.497 e. The van der Waals surface area contributed by atoms with Crippen LogP contribution in [-0.2, 0) is 10.8 Å². The molecule has 1 aromatic rings. The molecule has 1 saturated heterocycles. The van der Waals surface area contributed by atoms with Crippen molar-refractivity contribution in [1.29, 1.82) is 0 Å². The summed E-state index contributed by atoms with van der Waals surface area (Å²) in [5.41, 5.74) is 7.55. The number of nitrogens with zero attached hydrogens (tertiary/aromatic N) is 1. The highest BCUT2D eigenvalue weighted by atomic mass is 32.2. The first-order valence-corrected chi connectivity index (χ1v) is 8.63. The zero-order valence-electron chi connectivity index (χ0n) is 12.2. The molecule has 0 radical (unpaired) electrons. The van der Waals surface area contributed by atoms with Crippen molar-refractivity contribution in [3.05, 3.63) is 29.8 Å². The van der Waals surface area contributed by atoms with Gasteiger partial charge >= 0.3 is 0 Å². The Bertz CT molecular complexity index is 440. The lowest BCUT2D eigenvalue weighted by atomic mass is 9.96. The Morgan fingerprint density at radius 3 is 2.40 bits per heavy atom. The van der Waals surface area contributed by atoms with Gasteiger partial charge in [0.05, 0.1) is 7.11 Å². The minimum atomic E-state index is -0.657. The van der Waals surface area contributed by atoms with E-state index in [-0.39, 0.29) is 12.1 Å². The summed E-state index contributed by atoms with van der Waals surface area (Å²) in [4.78, 5) is 2.37. The molecule has 2 unspecified atom stereocenters. The number of ether oxygens (including phenoxy) is 1. The van der Waals surface area contributed by atoms with E-state index in [9.17, 15) is 4.21 Å². The number of hydrogen-bond acceptors (Lipinski definition) is 4. The van der Waals surface area contributed by atoms with Gasteiger partial charge in [-0.15, -0.1) is 0 Å². The molecular formula is C15H24N2O2S. The molecular weight excluding hydrogens is 272 g/mol. The van der Waals surface area contributed by atoms with Crippen LogP contribution < -0.4 is 10.5 Å². The van der Waals surface area contributed by atoms with E-state index in [0.717, 1.165) is 36.8 Å². The SMILES string of the molecule is CCC(N)C(c1ccc(OC)cc1)N1CCS(=O)CC1. The smallest absolute Gasteiger partial charge is 0.118 e. The number of methoxy groups -OCH3 is 1. The van der Waals surface area contributed by atoms with Crippen molar-refractivity contribution in [3.8, 4) is 5.75 Å². The lowest BCUT2D eigenvalue weighted by molar-refractivity contribution is 0.185. The standard InChI is InChI=1S/C15H24N2O2S/c1-3-14(16)15(17-8-10-20(18)11-9-17)12-4-6-13(19-2)7-5-12/h4-7,14-15H,3,8-11,16H2,1-2H3. The topological polar surface area (TPSA) is 55.6 Å². The Labute approximate surface area is 123 Å². The van der Waals surface area contributed by atoms with Crippen molar-refractivity contribution < 1.29 is 8.95 Å². The van der Waals surface area contributed by atoms with Gasteiger partial charge in [0.2, 0.25) is 0 Å². The lowest BCUT2D eigenvalue weighted by Gasteiger charge is -2.37. The predicted octanol–water partition coefficient (Wildman–Crippen LogP) is 1.54. The van der Waals surface area contributed by atoms with Crippen molar-refractivity contribution in [1.82, 2.24) is 4.90 Å². The fourth-order valence-electron chi connectivity index (χ4n) is 2.68. The second-order valence-electron chi connectivity index (χ2n) is 5.17. The maximum absolute atomic E-state index is 11.5. The molecule has 112 valence electrons. The molecule has 20 heavy (non-hydrogen) atoms. The van der Waals surface area contributed by atoms with E-state index in [0.29, 0.717) is 0 Å². The molecule has 2 rings (SSSR count). The number of rotatable bonds is 5. The monoisotopic (exact) mass is 296 g/mol. The van der Waals surface area contributed by atoms with E-state index in [1.807, 2.05) is 12.1 Å². The molecule has 0 aromatic heterocycles. The van der Waals surface area contributed by atoms with Crippen LogP contribution in [0.2, 0.25) is 0 Å². The van der Waals surface area contributed by atoms with Gasteiger partial charge in [0.15, 0.2) is 0 Å². The second-order valence-corrected chi connectivity index (χ2v) is 6.87. The molecule has 1 fully saturated rings. The van der Waals surface area contributed by atoms with E-state index in [1.165, 1.54) is 5.56 Å². The minimum absolute atomic E-state index is 0.0925. The summed E-state index contributed by atoms with van der Waals surface area (Å²) < 4.78 is 16.7. The maximum Gasteiger partial charge on any atom is 0.118 e. The molecule has 1 aliphatic heterocycles. The molecule has 1 aromatic carbocycles. The summed E-state index contributed by atoms with van der Waals surface area (Å²) in [6.45, 7) is 3.83. The van der Waals surface area contributed by atoms with Crippen LogP contribution >= 0.6 is 0 Å². The zero-order chi connectivity index (χ0) is 14.5. The maximum atomic E-state index is 11.5. The van der Waals surface area contributed by atoms with Crippen LogP contribution in [0.1, 0.15) is 24.9 Å². The zero-order valence-corrected chi connectivity index (χ0v) is 13.1. The van der Waals surface area contributed by atoms with Crippen molar-refractivity contribution >= 4 is 10.8 Å². The number of nitrogens with two attached hydrogens (primary N) is 1. The van der Waals surface area contributed by atoms with E-state index in [1.54, 1.807) is 7.11 Å². The first-order chi connectivity index (χ1) is 9.65.